The van der Waals surface area contributed by atoms with Gasteiger partial charge in [0, 0.05) is 11.1 Å². The van der Waals surface area contributed by atoms with Gasteiger partial charge in [0.15, 0.2) is 0 Å². The Morgan fingerprint density at radius 1 is 1.47 bits per heavy atom. The molecule has 0 bridgehead atoms. The number of aromatic nitrogens is 2. The number of benzene rings is 1. The molecule has 1 atom stereocenters. The monoisotopic (exact) mass is 299 g/mol. The van der Waals surface area contributed by atoms with Crippen molar-refractivity contribution in [2.24, 2.45) is 0 Å². The number of nitrogens with one attached hydrogen (secondary N) is 1. The molecule has 3 nitrogen and oxygen atoms in total. The van der Waals surface area contributed by atoms with Crippen molar-refractivity contribution in [3.8, 4) is 0 Å². The average Bonchev–Trinajstić information content (AvgIpc) is 2.79. The van der Waals surface area contributed by atoms with Crippen molar-refractivity contribution >= 4 is 23.1 Å². The summed E-state index contributed by atoms with van der Waals surface area (Å²) >= 11 is 7.49. The van der Waals surface area contributed by atoms with Crippen LogP contribution >= 0.6 is 23.1 Å². The lowest BCUT2D eigenvalue weighted by Gasteiger charge is -2.17. The lowest BCUT2D eigenvalue weighted by molar-refractivity contribution is 0.551. The zero-order valence-electron chi connectivity index (χ0n) is 10.8. The van der Waals surface area contributed by atoms with E-state index in [1.165, 1.54) is 23.7 Å². The predicted molar refractivity (Wildman–Crippen MR) is 76.2 cm³/mol. The molecule has 1 heterocycles. The quantitative estimate of drug-likeness (QED) is 0.918. The minimum Gasteiger partial charge on any atom is -0.309 e. The zero-order valence-corrected chi connectivity index (χ0v) is 12.4. The van der Waals surface area contributed by atoms with Crippen molar-refractivity contribution in [1.82, 2.24) is 14.9 Å². The van der Waals surface area contributed by atoms with Crippen molar-refractivity contribution in [3.05, 3.63) is 45.2 Å². The zero-order chi connectivity index (χ0) is 13.8. The number of halogens is 2. The standard InChI is InChI=1S/C13H15ClFN3S/c1-3-16-12(13-8(2)17-18-19-13)7-9-6-10(15)4-5-11(9)14/h4-6,12,16H,3,7H2,1-2H3. The summed E-state index contributed by atoms with van der Waals surface area (Å²) in [5.41, 5.74) is 1.70. The maximum absolute atomic E-state index is 13.3. The van der Waals surface area contributed by atoms with Gasteiger partial charge in [-0.3, -0.25) is 0 Å². The first kappa shape index (κ1) is 14.4. The van der Waals surface area contributed by atoms with E-state index in [0.29, 0.717) is 11.4 Å². The Labute approximate surface area is 121 Å². The van der Waals surface area contributed by atoms with E-state index in [0.717, 1.165) is 22.7 Å². The van der Waals surface area contributed by atoms with Gasteiger partial charge in [-0.15, -0.1) is 5.10 Å². The van der Waals surface area contributed by atoms with Gasteiger partial charge in [0.25, 0.3) is 0 Å². The molecule has 1 aromatic carbocycles. The highest BCUT2D eigenvalue weighted by Gasteiger charge is 2.18. The molecular formula is C13H15ClFN3S. The van der Waals surface area contributed by atoms with Crippen LogP contribution in [0.5, 0.6) is 0 Å². The van der Waals surface area contributed by atoms with Crippen LogP contribution in [-0.2, 0) is 6.42 Å². The van der Waals surface area contributed by atoms with Gasteiger partial charge < -0.3 is 5.32 Å². The van der Waals surface area contributed by atoms with E-state index in [9.17, 15) is 4.39 Å². The smallest absolute Gasteiger partial charge is 0.123 e. The van der Waals surface area contributed by atoms with Crippen LogP contribution in [0.1, 0.15) is 29.1 Å². The van der Waals surface area contributed by atoms with Gasteiger partial charge in [0.05, 0.1) is 10.6 Å². The molecule has 0 fully saturated rings. The van der Waals surface area contributed by atoms with E-state index in [2.05, 4.69) is 14.9 Å². The summed E-state index contributed by atoms with van der Waals surface area (Å²) in [6.45, 7) is 4.77. The minimum absolute atomic E-state index is 0.0595. The Hall–Kier alpha value is -1.04. The summed E-state index contributed by atoms with van der Waals surface area (Å²) in [7, 11) is 0. The van der Waals surface area contributed by atoms with E-state index < -0.39 is 0 Å². The minimum atomic E-state index is -0.270. The summed E-state index contributed by atoms with van der Waals surface area (Å²) in [4.78, 5) is 1.07. The van der Waals surface area contributed by atoms with Gasteiger partial charge in [-0.2, -0.15) is 0 Å². The third kappa shape index (κ3) is 3.49. The molecule has 1 aromatic heterocycles. The maximum atomic E-state index is 13.3. The molecule has 102 valence electrons. The third-order valence-electron chi connectivity index (χ3n) is 2.89. The Morgan fingerprint density at radius 2 is 2.26 bits per heavy atom. The van der Waals surface area contributed by atoms with Gasteiger partial charge in [-0.1, -0.05) is 23.0 Å². The largest absolute Gasteiger partial charge is 0.309 e. The molecular weight excluding hydrogens is 285 g/mol. The molecule has 19 heavy (non-hydrogen) atoms. The second-order valence-corrected chi connectivity index (χ2v) is 5.47. The van der Waals surface area contributed by atoms with Crippen LogP contribution < -0.4 is 5.32 Å². The number of hydrogen-bond acceptors (Lipinski definition) is 4. The predicted octanol–water partition coefficient (Wildman–Crippen LogP) is 3.53. The van der Waals surface area contributed by atoms with E-state index in [1.807, 2.05) is 13.8 Å². The summed E-state index contributed by atoms with van der Waals surface area (Å²) in [5, 5.41) is 7.98. The fourth-order valence-electron chi connectivity index (χ4n) is 1.98. The fraction of sp³-hybridized carbons (Fsp3) is 0.385. The van der Waals surface area contributed by atoms with Gasteiger partial charge in [-0.25, -0.2) is 4.39 Å². The Bertz CT molecular complexity index is 559. The van der Waals surface area contributed by atoms with E-state index in [4.69, 9.17) is 11.6 Å². The first-order valence-corrected chi connectivity index (χ1v) is 7.23. The maximum Gasteiger partial charge on any atom is 0.123 e. The summed E-state index contributed by atoms with van der Waals surface area (Å²) in [6, 6.07) is 4.50. The van der Waals surface area contributed by atoms with Crippen LogP contribution in [0.2, 0.25) is 5.02 Å². The summed E-state index contributed by atoms with van der Waals surface area (Å²) < 4.78 is 17.3. The molecule has 2 rings (SSSR count). The molecule has 0 saturated heterocycles. The molecule has 0 spiro atoms. The van der Waals surface area contributed by atoms with Gasteiger partial charge in [0.2, 0.25) is 0 Å². The molecule has 0 aliphatic heterocycles. The van der Waals surface area contributed by atoms with Crippen molar-refractivity contribution in [3.63, 3.8) is 0 Å². The molecule has 1 N–H and O–H groups in total. The third-order valence-corrected chi connectivity index (χ3v) is 4.19. The van der Waals surface area contributed by atoms with E-state index in [-0.39, 0.29) is 11.9 Å². The average molecular weight is 300 g/mol. The molecule has 0 aliphatic rings. The van der Waals surface area contributed by atoms with Gasteiger partial charge in [0.1, 0.15) is 5.82 Å². The van der Waals surface area contributed by atoms with Crippen LogP contribution in [0.3, 0.4) is 0 Å². The van der Waals surface area contributed by atoms with Crippen LogP contribution in [-0.4, -0.2) is 16.1 Å². The number of nitrogens with zero attached hydrogens (tertiary/aromatic N) is 2. The fourth-order valence-corrected chi connectivity index (χ4v) is 2.89. The number of likely N-dealkylation sites (N-methyl/N-ethyl adjacent to an activating group) is 1. The molecule has 0 radical (unpaired) electrons. The Balaban J connectivity index is 2.26. The lowest BCUT2D eigenvalue weighted by atomic mass is 10.0. The molecule has 6 heteroatoms. The first-order valence-electron chi connectivity index (χ1n) is 6.08. The highest BCUT2D eigenvalue weighted by atomic mass is 35.5. The second kappa shape index (κ2) is 6.41. The Morgan fingerprint density at radius 3 is 2.89 bits per heavy atom. The second-order valence-electron chi connectivity index (χ2n) is 4.27. The lowest BCUT2D eigenvalue weighted by Crippen LogP contribution is -2.23. The first-order chi connectivity index (χ1) is 9.11. The highest BCUT2D eigenvalue weighted by Crippen LogP contribution is 2.27. The van der Waals surface area contributed by atoms with Gasteiger partial charge >= 0.3 is 0 Å². The molecule has 2 aromatic rings. The van der Waals surface area contributed by atoms with Crippen molar-refractivity contribution in [1.29, 1.82) is 0 Å². The molecule has 0 amide bonds. The normalized spacial score (nSPS) is 12.6. The van der Waals surface area contributed by atoms with E-state index in [1.54, 1.807) is 6.07 Å². The SMILES string of the molecule is CCNC(Cc1cc(F)ccc1Cl)c1snnc1C. The van der Waals surface area contributed by atoms with Crippen LogP contribution in [0.15, 0.2) is 18.2 Å². The number of aryl methyl sites for hydroxylation is 1. The van der Waals surface area contributed by atoms with Crippen LogP contribution in [0.4, 0.5) is 4.39 Å². The summed E-state index contributed by atoms with van der Waals surface area (Å²) in [5.74, 6) is -0.270. The van der Waals surface area contributed by atoms with Crippen molar-refractivity contribution < 1.29 is 4.39 Å². The number of hydrogen-bond donors (Lipinski definition) is 1. The molecule has 0 saturated carbocycles. The van der Waals surface area contributed by atoms with Crippen molar-refractivity contribution in [2.45, 2.75) is 26.3 Å². The number of rotatable bonds is 5. The topological polar surface area (TPSA) is 37.8 Å². The van der Waals surface area contributed by atoms with Crippen LogP contribution in [0, 0.1) is 12.7 Å². The van der Waals surface area contributed by atoms with Crippen LogP contribution in [0.25, 0.3) is 0 Å². The van der Waals surface area contributed by atoms with Gasteiger partial charge in [-0.05, 0) is 55.2 Å². The van der Waals surface area contributed by atoms with Crippen molar-refractivity contribution in [2.75, 3.05) is 6.54 Å². The van der Waals surface area contributed by atoms with E-state index >= 15 is 0 Å². The highest BCUT2D eigenvalue weighted by molar-refractivity contribution is 7.05. The Kier molecular flexibility index (Phi) is 4.85. The molecule has 1 unspecified atom stereocenters. The molecule has 0 aliphatic carbocycles. The summed E-state index contributed by atoms with van der Waals surface area (Å²) in [6.07, 6.45) is 0.620.